The van der Waals surface area contributed by atoms with Crippen LogP contribution < -0.4 is 5.32 Å². The lowest BCUT2D eigenvalue weighted by molar-refractivity contribution is 0.102. The number of nitrogens with zero attached hydrogens (tertiary/aromatic N) is 2. The molecule has 0 unspecified atom stereocenters. The van der Waals surface area contributed by atoms with Gasteiger partial charge in [0.15, 0.2) is 5.82 Å². The number of benzene rings is 2. The summed E-state index contributed by atoms with van der Waals surface area (Å²) in [4.78, 5) is 16.4. The normalized spacial score (nSPS) is 10.5. The fourth-order valence-corrected chi connectivity index (χ4v) is 2.86. The van der Waals surface area contributed by atoms with Crippen LogP contribution in [0.5, 0.6) is 0 Å². The van der Waals surface area contributed by atoms with Crippen molar-refractivity contribution >= 4 is 45.8 Å². The highest BCUT2D eigenvalue weighted by molar-refractivity contribution is 7.10. The lowest BCUT2D eigenvalue weighted by Crippen LogP contribution is -2.12. The smallest absolute Gasteiger partial charge is 0.258 e. The maximum absolute atomic E-state index is 12.2. The Kier molecular flexibility index (Phi) is 4.38. The number of nitrogens with one attached hydrogen (secondary N) is 1. The number of aromatic nitrogens is 2. The van der Waals surface area contributed by atoms with Crippen molar-refractivity contribution in [2.24, 2.45) is 0 Å². The molecule has 0 saturated carbocycles. The van der Waals surface area contributed by atoms with E-state index in [0.29, 0.717) is 26.6 Å². The Morgan fingerprint density at radius 2 is 1.68 bits per heavy atom. The van der Waals surface area contributed by atoms with E-state index in [4.69, 9.17) is 23.2 Å². The first-order chi connectivity index (χ1) is 10.6. The molecule has 4 nitrogen and oxygen atoms in total. The zero-order chi connectivity index (χ0) is 15.5. The third kappa shape index (κ3) is 3.11. The Morgan fingerprint density at radius 3 is 2.41 bits per heavy atom. The van der Waals surface area contributed by atoms with Gasteiger partial charge in [0, 0.05) is 17.1 Å². The van der Waals surface area contributed by atoms with Gasteiger partial charge in [0.25, 0.3) is 5.91 Å². The molecule has 0 spiro atoms. The number of halogens is 2. The summed E-state index contributed by atoms with van der Waals surface area (Å²) in [6.07, 6.45) is 0. The molecule has 0 saturated heterocycles. The van der Waals surface area contributed by atoms with Gasteiger partial charge in [0.1, 0.15) is 0 Å². The fourth-order valence-electron chi connectivity index (χ4n) is 1.84. The van der Waals surface area contributed by atoms with Gasteiger partial charge in [-0.2, -0.15) is 9.36 Å². The Balaban J connectivity index is 1.82. The summed E-state index contributed by atoms with van der Waals surface area (Å²) in [6, 6.07) is 14.1. The lowest BCUT2D eigenvalue weighted by atomic mass is 10.2. The molecule has 2 aromatic carbocycles. The number of hydrogen-bond donors (Lipinski definition) is 1. The minimum Gasteiger partial charge on any atom is -0.297 e. The third-order valence-corrected chi connectivity index (χ3v) is 4.17. The topological polar surface area (TPSA) is 54.9 Å². The molecule has 1 N–H and O–H groups in total. The standard InChI is InChI=1S/C15H9Cl2N3OS/c16-11-7-3-1-5-9(11)13-18-15(22-20-13)19-14(21)10-6-2-4-8-12(10)17/h1-8H,(H,18,19,20,21). The van der Waals surface area contributed by atoms with Crippen LogP contribution in [0.15, 0.2) is 48.5 Å². The van der Waals surface area contributed by atoms with Crippen molar-refractivity contribution in [2.75, 3.05) is 5.32 Å². The summed E-state index contributed by atoms with van der Waals surface area (Å²) in [5.74, 6) is 0.150. The molecule has 0 aliphatic heterocycles. The number of amides is 1. The summed E-state index contributed by atoms with van der Waals surface area (Å²) >= 11 is 13.2. The summed E-state index contributed by atoms with van der Waals surface area (Å²) in [5, 5.41) is 4.02. The zero-order valence-corrected chi connectivity index (χ0v) is 13.4. The van der Waals surface area contributed by atoms with Gasteiger partial charge in [-0.15, -0.1) is 0 Å². The van der Waals surface area contributed by atoms with Gasteiger partial charge >= 0.3 is 0 Å². The first kappa shape index (κ1) is 15.0. The quantitative estimate of drug-likeness (QED) is 0.741. The lowest BCUT2D eigenvalue weighted by Gasteiger charge is -2.02. The molecule has 22 heavy (non-hydrogen) atoms. The van der Waals surface area contributed by atoms with Gasteiger partial charge in [0.2, 0.25) is 5.13 Å². The molecule has 110 valence electrons. The minimum atomic E-state index is -0.326. The van der Waals surface area contributed by atoms with Crippen molar-refractivity contribution in [2.45, 2.75) is 0 Å². The van der Waals surface area contributed by atoms with E-state index in [1.54, 1.807) is 30.3 Å². The van der Waals surface area contributed by atoms with Crippen LogP contribution in [0.1, 0.15) is 10.4 Å². The van der Waals surface area contributed by atoms with E-state index in [1.165, 1.54) is 0 Å². The first-order valence-electron chi connectivity index (χ1n) is 6.29. The summed E-state index contributed by atoms with van der Waals surface area (Å²) in [5.41, 5.74) is 1.11. The molecule has 3 rings (SSSR count). The summed E-state index contributed by atoms with van der Waals surface area (Å²) in [6.45, 7) is 0. The first-order valence-corrected chi connectivity index (χ1v) is 7.82. The molecule has 0 bridgehead atoms. The van der Waals surface area contributed by atoms with E-state index in [1.807, 2.05) is 18.2 Å². The highest BCUT2D eigenvalue weighted by Gasteiger charge is 2.14. The molecule has 1 aromatic heterocycles. The molecule has 3 aromatic rings. The van der Waals surface area contributed by atoms with Gasteiger partial charge < -0.3 is 0 Å². The fraction of sp³-hybridized carbons (Fsp3) is 0. The maximum Gasteiger partial charge on any atom is 0.258 e. The van der Waals surface area contributed by atoms with Crippen LogP contribution in [0.25, 0.3) is 11.4 Å². The van der Waals surface area contributed by atoms with E-state index < -0.39 is 0 Å². The van der Waals surface area contributed by atoms with E-state index in [9.17, 15) is 4.79 Å². The molecule has 1 heterocycles. The minimum absolute atomic E-state index is 0.326. The van der Waals surface area contributed by atoms with Gasteiger partial charge in [-0.1, -0.05) is 47.5 Å². The maximum atomic E-state index is 12.2. The Bertz CT molecular complexity index is 835. The second-order valence-corrected chi connectivity index (χ2v) is 5.90. The highest BCUT2D eigenvalue weighted by Crippen LogP contribution is 2.28. The van der Waals surface area contributed by atoms with E-state index >= 15 is 0 Å². The van der Waals surface area contributed by atoms with Crippen molar-refractivity contribution in [1.82, 2.24) is 9.36 Å². The SMILES string of the molecule is O=C(Nc1nc(-c2ccccc2Cl)ns1)c1ccccc1Cl. The summed E-state index contributed by atoms with van der Waals surface area (Å²) in [7, 11) is 0. The second kappa shape index (κ2) is 6.44. The van der Waals surface area contributed by atoms with Crippen LogP contribution in [0, 0.1) is 0 Å². The van der Waals surface area contributed by atoms with Crippen LogP contribution in [0.2, 0.25) is 10.0 Å². The van der Waals surface area contributed by atoms with Crippen molar-refractivity contribution in [3.05, 3.63) is 64.1 Å². The average molecular weight is 350 g/mol. The predicted octanol–water partition coefficient (Wildman–Crippen LogP) is 4.76. The number of hydrogen-bond acceptors (Lipinski definition) is 4. The molecule has 0 fully saturated rings. The van der Waals surface area contributed by atoms with Crippen molar-refractivity contribution in [3.63, 3.8) is 0 Å². The van der Waals surface area contributed by atoms with Crippen molar-refractivity contribution in [1.29, 1.82) is 0 Å². The number of carbonyl (C=O) groups is 1. The highest BCUT2D eigenvalue weighted by atomic mass is 35.5. The monoisotopic (exact) mass is 349 g/mol. The zero-order valence-electron chi connectivity index (χ0n) is 11.1. The molecular weight excluding hydrogens is 341 g/mol. The van der Waals surface area contributed by atoms with Gasteiger partial charge in [-0.3, -0.25) is 10.1 Å². The Hall–Kier alpha value is -1.95. The summed E-state index contributed by atoms with van der Waals surface area (Å²) < 4.78 is 4.21. The number of rotatable bonds is 3. The molecule has 0 radical (unpaired) electrons. The van der Waals surface area contributed by atoms with Gasteiger partial charge in [0.05, 0.1) is 15.6 Å². The van der Waals surface area contributed by atoms with Crippen molar-refractivity contribution < 1.29 is 4.79 Å². The average Bonchev–Trinajstić information content (AvgIpc) is 2.96. The van der Waals surface area contributed by atoms with Crippen molar-refractivity contribution in [3.8, 4) is 11.4 Å². The van der Waals surface area contributed by atoms with Gasteiger partial charge in [-0.25, -0.2) is 0 Å². The Labute approximate surface area is 140 Å². The second-order valence-electron chi connectivity index (χ2n) is 4.34. The molecule has 0 aliphatic carbocycles. The van der Waals surface area contributed by atoms with E-state index in [0.717, 1.165) is 17.1 Å². The molecule has 7 heteroatoms. The van der Waals surface area contributed by atoms with Crippen LogP contribution in [-0.2, 0) is 0 Å². The van der Waals surface area contributed by atoms with Crippen LogP contribution in [0.3, 0.4) is 0 Å². The van der Waals surface area contributed by atoms with Crippen LogP contribution >= 0.6 is 34.7 Å². The predicted molar refractivity (Wildman–Crippen MR) is 89.8 cm³/mol. The third-order valence-electron chi connectivity index (χ3n) is 2.88. The Morgan fingerprint density at radius 1 is 1.00 bits per heavy atom. The number of anilines is 1. The molecule has 0 atom stereocenters. The van der Waals surface area contributed by atoms with E-state index in [2.05, 4.69) is 14.7 Å². The van der Waals surface area contributed by atoms with E-state index in [-0.39, 0.29) is 5.91 Å². The molecule has 0 aliphatic rings. The number of carbonyl (C=O) groups excluding carboxylic acids is 1. The molecular formula is C15H9Cl2N3OS. The largest absolute Gasteiger partial charge is 0.297 e. The van der Waals surface area contributed by atoms with Crippen LogP contribution in [0.4, 0.5) is 5.13 Å². The molecule has 1 amide bonds. The van der Waals surface area contributed by atoms with Crippen LogP contribution in [-0.4, -0.2) is 15.3 Å². The van der Waals surface area contributed by atoms with Gasteiger partial charge in [-0.05, 0) is 24.3 Å².